The van der Waals surface area contributed by atoms with Crippen LogP contribution in [0.15, 0.2) is 23.8 Å². The molecule has 4 bridgehead atoms. The Morgan fingerprint density at radius 3 is 2.65 bits per heavy atom. The van der Waals surface area contributed by atoms with Gasteiger partial charge in [0.25, 0.3) is 0 Å². The number of carbonyl (C=O) groups is 1. The molecule has 0 unspecified atom stereocenters. The zero-order valence-electron chi connectivity index (χ0n) is 15.1. The number of hydrogen-bond acceptors (Lipinski definition) is 6. The lowest BCUT2D eigenvalue weighted by atomic mass is 9.39. The highest BCUT2D eigenvalue weighted by Crippen LogP contribution is 2.75. The topological polar surface area (TPSA) is 107 Å². The molecule has 0 radical (unpaired) electrons. The van der Waals surface area contributed by atoms with Crippen molar-refractivity contribution in [3.63, 3.8) is 0 Å². The molecule has 2 spiro atoms. The molecule has 5 fully saturated rings. The lowest BCUT2D eigenvalue weighted by Gasteiger charge is -2.71. The number of ketones is 1. The predicted octanol–water partition coefficient (Wildman–Crippen LogP) is 0.296. The van der Waals surface area contributed by atoms with Crippen LogP contribution in [0.5, 0.6) is 0 Å². The third kappa shape index (κ3) is 1.43. The molecule has 4 aliphatic carbocycles. The van der Waals surface area contributed by atoms with E-state index in [1.54, 1.807) is 6.08 Å². The Labute approximate surface area is 152 Å². The molecule has 6 heteroatoms. The summed E-state index contributed by atoms with van der Waals surface area (Å²) in [6.45, 7) is 7.91. The van der Waals surface area contributed by atoms with Crippen LogP contribution in [0.4, 0.5) is 0 Å². The summed E-state index contributed by atoms with van der Waals surface area (Å²) in [5.41, 5.74) is -1.99. The molecule has 0 aromatic rings. The van der Waals surface area contributed by atoms with E-state index in [1.807, 2.05) is 13.8 Å². The number of carbonyl (C=O) groups excluding carboxylic acids is 1. The molecule has 0 aromatic carbocycles. The number of ether oxygens (including phenoxy) is 1. The minimum Gasteiger partial charge on any atom is -0.392 e. The summed E-state index contributed by atoms with van der Waals surface area (Å²) < 4.78 is 5.81. The number of hydrogen-bond donors (Lipinski definition) is 4. The molecule has 2 heterocycles. The van der Waals surface area contributed by atoms with E-state index in [-0.39, 0.29) is 29.8 Å². The Hall–Kier alpha value is -1.05. The third-order valence-corrected chi connectivity index (χ3v) is 8.28. The van der Waals surface area contributed by atoms with Gasteiger partial charge in [-0.3, -0.25) is 4.79 Å². The number of aliphatic hydroxyl groups is 4. The fourth-order valence-electron chi connectivity index (χ4n) is 7.09. The number of rotatable bonds is 0. The van der Waals surface area contributed by atoms with Gasteiger partial charge in [-0.25, -0.2) is 0 Å². The second kappa shape index (κ2) is 4.50. The van der Waals surface area contributed by atoms with E-state index in [0.29, 0.717) is 18.4 Å². The van der Waals surface area contributed by atoms with E-state index < -0.39 is 46.8 Å². The fraction of sp³-hybridized carbons (Fsp3) is 0.750. The smallest absolute Gasteiger partial charge is 0.209 e. The molecule has 6 rings (SSSR count). The molecule has 142 valence electrons. The SMILES string of the molecule is C=C1C(=O)[C@]23C[C@H]1[C@@H](O)C=C2[C@@]12CO[C@@]3(O)[C@@H](O)[C@@H]1C(C)(C)CC[C@@H]2O. The van der Waals surface area contributed by atoms with Crippen molar-refractivity contribution in [2.75, 3.05) is 6.61 Å². The van der Waals surface area contributed by atoms with Crippen molar-refractivity contribution in [1.82, 2.24) is 0 Å². The lowest BCUT2D eigenvalue weighted by Crippen LogP contribution is -2.81. The molecule has 6 nitrogen and oxygen atoms in total. The van der Waals surface area contributed by atoms with Gasteiger partial charge in [0, 0.05) is 17.3 Å². The second-order valence-electron chi connectivity index (χ2n) is 9.63. The van der Waals surface area contributed by atoms with Crippen molar-refractivity contribution in [2.24, 2.45) is 28.1 Å². The molecule has 3 saturated carbocycles. The second-order valence-corrected chi connectivity index (χ2v) is 9.63. The van der Waals surface area contributed by atoms with E-state index in [4.69, 9.17) is 4.74 Å². The van der Waals surface area contributed by atoms with Gasteiger partial charge < -0.3 is 25.2 Å². The average Bonchev–Trinajstić information content (AvgIpc) is 2.80. The highest BCUT2D eigenvalue weighted by molar-refractivity contribution is 6.06. The minimum absolute atomic E-state index is 0.0283. The van der Waals surface area contributed by atoms with E-state index in [0.717, 1.165) is 0 Å². The molecule has 26 heavy (non-hydrogen) atoms. The Kier molecular flexibility index (Phi) is 2.95. The third-order valence-electron chi connectivity index (χ3n) is 8.28. The Balaban J connectivity index is 1.85. The average molecular weight is 362 g/mol. The van der Waals surface area contributed by atoms with Crippen LogP contribution >= 0.6 is 0 Å². The van der Waals surface area contributed by atoms with E-state index in [9.17, 15) is 25.2 Å². The van der Waals surface area contributed by atoms with Crippen LogP contribution in [-0.2, 0) is 9.53 Å². The van der Waals surface area contributed by atoms with Gasteiger partial charge in [-0.05, 0) is 35.8 Å². The maximum atomic E-state index is 13.3. The summed E-state index contributed by atoms with van der Waals surface area (Å²) in [4.78, 5) is 13.3. The zero-order valence-corrected chi connectivity index (χ0v) is 15.1. The van der Waals surface area contributed by atoms with E-state index >= 15 is 0 Å². The van der Waals surface area contributed by atoms with Gasteiger partial charge in [-0.2, -0.15) is 0 Å². The summed E-state index contributed by atoms with van der Waals surface area (Å²) in [6.07, 6.45) is 0.00988. The lowest BCUT2D eigenvalue weighted by molar-refractivity contribution is -0.403. The fourth-order valence-corrected chi connectivity index (χ4v) is 7.09. The van der Waals surface area contributed by atoms with Crippen molar-refractivity contribution in [3.05, 3.63) is 23.8 Å². The van der Waals surface area contributed by atoms with Gasteiger partial charge in [0.15, 0.2) is 5.78 Å². The van der Waals surface area contributed by atoms with Crippen molar-refractivity contribution in [2.45, 2.75) is 57.2 Å². The van der Waals surface area contributed by atoms with Crippen molar-refractivity contribution < 1.29 is 30.0 Å². The van der Waals surface area contributed by atoms with Crippen LogP contribution in [0.3, 0.4) is 0 Å². The van der Waals surface area contributed by atoms with Gasteiger partial charge in [-0.1, -0.05) is 26.5 Å². The summed E-state index contributed by atoms with van der Waals surface area (Å²) in [5.74, 6) is -3.40. The highest BCUT2D eigenvalue weighted by atomic mass is 16.6. The molecule has 8 atom stereocenters. The van der Waals surface area contributed by atoms with Crippen LogP contribution in [0, 0.1) is 28.1 Å². The van der Waals surface area contributed by atoms with Crippen LogP contribution in [0.25, 0.3) is 0 Å². The first-order valence-electron chi connectivity index (χ1n) is 9.41. The number of fused-ring (bicyclic) bond motifs is 2. The monoisotopic (exact) mass is 362 g/mol. The summed E-state index contributed by atoms with van der Waals surface area (Å²) in [6, 6.07) is 0. The minimum atomic E-state index is -2.06. The standard InChI is InChI=1S/C20H26O6/c1-9-10-7-19(15(9)23)12(6-11(10)21)18-8-26-20(19,25)16(24)14(18)17(2,3)5-4-13(18)22/h6,10-11,13-14,16,21-22,24-25H,1,4-5,7-8H2,2-3H3/t10-,11+,13+,14-,16+,18-,19+,20+/m1/s1. The van der Waals surface area contributed by atoms with Crippen molar-refractivity contribution in [1.29, 1.82) is 0 Å². The summed E-state index contributed by atoms with van der Waals surface area (Å²) >= 11 is 0. The largest absolute Gasteiger partial charge is 0.392 e. The first-order valence-corrected chi connectivity index (χ1v) is 9.41. The quantitative estimate of drug-likeness (QED) is 0.365. The molecular formula is C20H26O6. The molecule has 0 amide bonds. The van der Waals surface area contributed by atoms with Crippen LogP contribution < -0.4 is 0 Å². The van der Waals surface area contributed by atoms with E-state index in [2.05, 4.69) is 6.58 Å². The number of aliphatic hydroxyl groups excluding tert-OH is 3. The first kappa shape index (κ1) is 17.1. The molecule has 2 aliphatic heterocycles. The van der Waals surface area contributed by atoms with Crippen LogP contribution in [0.1, 0.15) is 33.1 Å². The molecule has 2 saturated heterocycles. The summed E-state index contributed by atoms with van der Waals surface area (Å²) in [7, 11) is 0. The van der Waals surface area contributed by atoms with Crippen LogP contribution in [0.2, 0.25) is 0 Å². The Morgan fingerprint density at radius 2 is 1.96 bits per heavy atom. The first-order chi connectivity index (χ1) is 12.0. The van der Waals surface area contributed by atoms with Crippen molar-refractivity contribution in [3.8, 4) is 0 Å². The van der Waals surface area contributed by atoms with Gasteiger partial charge >= 0.3 is 0 Å². The molecule has 6 aliphatic rings. The van der Waals surface area contributed by atoms with Crippen molar-refractivity contribution >= 4 is 5.78 Å². The maximum absolute atomic E-state index is 13.3. The van der Waals surface area contributed by atoms with Gasteiger partial charge in [-0.15, -0.1) is 0 Å². The molecular weight excluding hydrogens is 336 g/mol. The summed E-state index contributed by atoms with van der Waals surface area (Å²) in [5, 5.41) is 44.5. The highest BCUT2D eigenvalue weighted by Gasteiger charge is 2.83. The Morgan fingerprint density at radius 1 is 1.27 bits per heavy atom. The van der Waals surface area contributed by atoms with Gasteiger partial charge in [0.2, 0.25) is 5.79 Å². The zero-order chi connectivity index (χ0) is 18.9. The van der Waals surface area contributed by atoms with Gasteiger partial charge in [0.1, 0.15) is 11.5 Å². The van der Waals surface area contributed by atoms with Crippen LogP contribution in [-0.4, -0.2) is 56.9 Å². The predicted molar refractivity (Wildman–Crippen MR) is 90.6 cm³/mol. The Bertz CT molecular complexity index is 770. The molecule has 0 aromatic heterocycles. The maximum Gasteiger partial charge on any atom is 0.209 e. The van der Waals surface area contributed by atoms with Gasteiger partial charge in [0.05, 0.1) is 18.8 Å². The normalized spacial score (nSPS) is 56.8. The van der Waals surface area contributed by atoms with E-state index in [1.165, 1.54) is 0 Å². The number of Topliss-reactive ketones (excluding diaryl/α,β-unsaturated/α-hetero) is 1. The molecule has 4 N–H and O–H groups in total.